The van der Waals surface area contributed by atoms with E-state index in [-0.39, 0.29) is 5.91 Å². The molecule has 0 saturated heterocycles. The first-order valence-corrected chi connectivity index (χ1v) is 8.49. The van der Waals surface area contributed by atoms with Crippen LogP contribution in [-0.2, 0) is 11.2 Å². The van der Waals surface area contributed by atoms with Gasteiger partial charge in [0.15, 0.2) is 11.5 Å². The number of hydrogen-bond donors (Lipinski definition) is 1. The van der Waals surface area contributed by atoms with Crippen molar-refractivity contribution in [3.05, 3.63) is 48.2 Å². The van der Waals surface area contributed by atoms with Gasteiger partial charge >= 0.3 is 0 Å². The Labute approximate surface area is 139 Å². The molecule has 1 N–H and O–H groups in total. The highest BCUT2D eigenvalue weighted by atomic mass is 32.2. The van der Waals surface area contributed by atoms with E-state index in [1.54, 1.807) is 6.20 Å². The number of ether oxygens (including phenoxy) is 2. The minimum atomic E-state index is 0.0122. The molecule has 0 radical (unpaired) electrons. The van der Waals surface area contributed by atoms with Gasteiger partial charge in [0.2, 0.25) is 5.91 Å². The van der Waals surface area contributed by atoms with Crippen LogP contribution in [0.1, 0.15) is 5.56 Å². The maximum Gasteiger partial charge on any atom is 0.230 e. The highest BCUT2D eigenvalue weighted by molar-refractivity contribution is 7.99. The minimum Gasteiger partial charge on any atom is -0.486 e. The lowest BCUT2D eigenvalue weighted by Gasteiger charge is -2.18. The molecule has 3 rings (SSSR count). The van der Waals surface area contributed by atoms with Crippen LogP contribution >= 0.6 is 11.8 Å². The zero-order valence-electron chi connectivity index (χ0n) is 12.7. The highest BCUT2D eigenvalue weighted by Crippen LogP contribution is 2.30. The number of carbonyl (C=O) groups is 1. The summed E-state index contributed by atoms with van der Waals surface area (Å²) in [6, 6.07) is 11.6. The number of hydrogen-bond acceptors (Lipinski definition) is 5. The van der Waals surface area contributed by atoms with E-state index in [0.717, 1.165) is 28.5 Å². The molecule has 23 heavy (non-hydrogen) atoms. The molecule has 5 nitrogen and oxygen atoms in total. The molecule has 1 amide bonds. The number of amides is 1. The van der Waals surface area contributed by atoms with Crippen LogP contribution in [0.5, 0.6) is 11.5 Å². The van der Waals surface area contributed by atoms with Crippen molar-refractivity contribution in [3.63, 3.8) is 0 Å². The van der Waals surface area contributed by atoms with Crippen LogP contribution in [0.3, 0.4) is 0 Å². The van der Waals surface area contributed by atoms with Crippen LogP contribution in [-0.4, -0.2) is 36.4 Å². The highest BCUT2D eigenvalue weighted by Gasteiger charge is 2.11. The maximum absolute atomic E-state index is 11.8. The molecule has 120 valence electrons. The summed E-state index contributed by atoms with van der Waals surface area (Å²) in [4.78, 5) is 16.0. The Balaban J connectivity index is 1.41. The predicted molar refractivity (Wildman–Crippen MR) is 89.1 cm³/mol. The van der Waals surface area contributed by atoms with Crippen molar-refractivity contribution < 1.29 is 14.3 Å². The number of nitrogens with zero attached hydrogens (tertiary/aromatic N) is 1. The van der Waals surface area contributed by atoms with E-state index in [4.69, 9.17) is 9.47 Å². The quantitative estimate of drug-likeness (QED) is 0.824. The SMILES string of the molecule is O=C(CSc1ccccn1)NCCc1ccc2c(c1)OCCO2. The van der Waals surface area contributed by atoms with Crippen LogP contribution in [0, 0.1) is 0 Å². The van der Waals surface area contributed by atoms with Gasteiger partial charge in [0.25, 0.3) is 0 Å². The second-order valence-corrected chi connectivity index (χ2v) is 6.03. The summed E-state index contributed by atoms with van der Waals surface area (Å²) in [5.74, 6) is 1.96. The molecule has 2 aromatic rings. The third kappa shape index (κ3) is 4.63. The summed E-state index contributed by atoms with van der Waals surface area (Å²) in [6.45, 7) is 1.77. The number of pyridine rings is 1. The van der Waals surface area contributed by atoms with E-state index in [9.17, 15) is 4.79 Å². The Bertz CT molecular complexity index is 664. The van der Waals surface area contributed by atoms with E-state index >= 15 is 0 Å². The topological polar surface area (TPSA) is 60.5 Å². The van der Waals surface area contributed by atoms with Gasteiger partial charge in [0, 0.05) is 12.7 Å². The molecule has 0 atom stereocenters. The monoisotopic (exact) mass is 330 g/mol. The summed E-state index contributed by atoms with van der Waals surface area (Å²) >= 11 is 1.43. The van der Waals surface area contributed by atoms with Gasteiger partial charge < -0.3 is 14.8 Å². The van der Waals surface area contributed by atoms with E-state index in [1.807, 2.05) is 36.4 Å². The van der Waals surface area contributed by atoms with Gasteiger partial charge in [0.05, 0.1) is 10.8 Å². The molecule has 0 saturated carbocycles. The largest absolute Gasteiger partial charge is 0.486 e. The van der Waals surface area contributed by atoms with E-state index in [1.165, 1.54) is 11.8 Å². The molecule has 2 heterocycles. The fourth-order valence-electron chi connectivity index (χ4n) is 2.21. The normalized spacial score (nSPS) is 12.7. The zero-order chi connectivity index (χ0) is 15.9. The molecule has 6 heteroatoms. The lowest BCUT2D eigenvalue weighted by atomic mass is 10.1. The van der Waals surface area contributed by atoms with E-state index in [0.29, 0.717) is 25.5 Å². The molecule has 0 spiro atoms. The third-order valence-electron chi connectivity index (χ3n) is 3.33. The second kappa shape index (κ2) is 7.87. The van der Waals surface area contributed by atoms with Crippen molar-refractivity contribution in [2.45, 2.75) is 11.4 Å². The smallest absolute Gasteiger partial charge is 0.230 e. The van der Waals surface area contributed by atoms with Crippen molar-refractivity contribution in [2.75, 3.05) is 25.5 Å². The van der Waals surface area contributed by atoms with Crippen molar-refractivity contribution in [3.8, 4) is 11.5 Å². The fourth-order valence-corrected chi connectivity index (χ4v) is 2.90. The number of carbonyl (C=O) groups excluding carboxylic acids is 1. The zero-order valence-corrected chi connectivity index (χ0v) is 13.5. The molecule has 1 aromatic carbocycles. The van der Waals surface area contributed by atoms with Gasteiger partial charge in [-0.2, -0.15) is 0 Å². The Hall–Kier alpha value is -2.21. The van der Waals surface area contributed by atoms with Gasteiger partial charge in [-0.3, -0.25) is 4.79 Å². The average molecular weight is 330 g/mol. The van der Waals surface area contributed by atoms with Crippen molar-refractivity contribution in [2.24, 2.45) is 0 Å². The molecule has 0 fully saturated rings. The van der Waals surface area contributed by atoms with Gasteiger partial charge in [-0.05, 0) is 36.2 Å². The molecular formula is C17H18N2O3S. The van der Waals surface area contributed by atoms with Gasteiger partial charge in [-0.15, -0.1) is 0 Å². The Kier molecular flexibility index (Phi) is 5.37. The van der Waals surface area contributed by atoms with Gasteiger partial charge in [0.1, 0.15) is 13.2 Å². The van der Waals surface area contributed by atoms with Gasteiger partial charge in [-0.1, -0.05) is 23.9 Å². The summed E-state index contributed by atoms with van der Waals surface area (Å²) < 4.78 is 11.0. The molecule has 0 aliphatic carbocycles. The number of aromatic nitrogens is 1. The minimum absolute atomic E-state index is 0.0122. The molecule has 1 aliphatic heterocycles. The summed E-state index contributed by atoms with van der Waals surface area (Å²) in [6.07, 6.45) is 2.48. The lowest BCUT2D eigenvalue weighted by Crippen LogP contribution is -2.27. The van der Waals surface area contributed by atoms with Crippen LogP contribution in [0.15, 0.2) is 47.6 Å². The first-order valence-electron chi connectivity index (χ1n) is 7.50. The average Bonchev–Trinajstić information content (AvgIpc) is 2.61. The molecular weight excluding hydrogens is 312 g/mol. The third-order valence-corrected chi connectivity index (χ3v) is 4.28. The van der Waals surface area contributed by atoms with Crippen LogP contribution < -0.4 is 14.8 Å². The summed E-state index contributed by atoms with van der Waals surface area (Å²) in [5.41, 5.74) is 1.12. The summed E-state index contributed by atoms with van der Waals surface area (Å²) in [5, 5.41) is 3.78. The Morgan fingerprint density at radius 3 is 2.87 bits per heavy atom. The van der Waals surface area contributed by atoms with Gasteiger partial charge in [-0.25, -0.2) is 4.98 Å². The number of nitrogens with one attached hydrogen (secondary N) is 1. The van der Waals surface area contributed by atoms with Crippen LogP contribution in [0.2, 0.25) is 0 Å². The lowest BCUT2D eigenvalue weighted by molar-refractivity contribution is -0.118. The number of fused-ring (bicyclic) bond motifs is 1. The van der Waals surface area contributed by atoms with E-state index in [2.05, 4.69) is 10.3 Å². The molecule has 0 bridgehead atoms. The van der Waals surface area contributed by atoms with Crippen LogP contribution in [0.25, 0.3) is 0 Å². The predicted octanol–water partition coefficient (Wildman–Crippen LogP) is 2.30. The Morgan fingerprint density at radius 1 is 1.17 bits per heavy atom. The van der Waals surface area contributed by atoms with E-state index < -0.39 is 0 Å². The first-order chi connectivity index (χ1) is 11.3. The summed E-state index contributed by atoms with van der Waals surface area (Å²) in [7, 11) is 0. The van der Waals surface area contributed by atoms with Crippen molar-refractivity contribution >= 4 is 17.7 Å². The van der Waals surface area contributed by atoms with Crippen LogP contribution in [0.4, 0.5) is 0 Å². The van der Waals surface area contributed by atoms with Crippen molar-refractivity contribution in [1.82, 2.24) is 10.3 Å². The maximum atomic E-state index is 11.8. The number of benzene rings is 1. The van der Waals surface area contributed by atoms with Crippen molar-refractivity contribution in [1.29, 1.82) is 0 Å². The molecule has 0 unspecified atom stereocenters. The fraction of sp³-hybridized carbons (Fsp3) is 0.294. The number of thioether (sulfide) groups is 1. The second-order valence-electron chi connectivity index (χ2n) is 5.03. The standard InChI is InChI=1S/C17H18N2O3S/c20-16(12-23-17-3-1-2-7-19-17)18-8-6-13-4-5-14-15(11-13)22-10-9-21-14/h1-5,7,11H,6,8-10,12H2,(H,18,20). The molecule has 1 aromatic heterocycles. The first kappa shape index (κ1) is 15.7. The number of rotatable bonds is 6. The molecule has 1 aliphatic rings. The Morgan fingerprint density at radius 2 is 2.04 bits per heavy atom.